The lowest BCUT2D eigenvalue weighted by atomic mass is 10.2. The average molecular weight is 248 g/mol. The minimum Gasteiger partial charge on any atom is -0.508 e. The average Bonchev–Trinajstić information content (AvgIpc) is 2.37. The summed E-state index contributed by atoms with van der Waals surface area (Å²) in [7, 11) is 0. The van der Waals surface area contributed by atoms with Gasteiger partial charge in [0.1, 0.15) is 12.4 Å². The van der Waals surface area contributed by atoms with E-state index in [0.717, 1.165) is 5.56 Å². The predicted molar refractivity (Wildman–Crippen MR) is 64.8 cm³/mol. The Kier molecular flexibility index (Phi) is 3.79. The van der Waals surface area contributed by atoms with Crippen LogP contribution in [0.4, 0.5) is 4.39 Å². The van der Waals surface area contributed by atoms with Crippen molar-refractivity contribution in [3.63, 3.8) is 0 Å². The Labute approximate surface area is 104 Å². The van der Waals surface area contributed by atoms with Gasteiger partial charge in [0, 0.05) is 0 Å². The van der Waals surface area contributed by atoms with E-state index in [1.54, 1.807) is 30.3 Å². The number of hydrogen-bond donors (Lipinski definition) is 2. The lowest BCUT2D eigenvalue weighted by Gasteiger charge is -2.08. The Balaban J connectivity index is 2.06. The lowest BCUT2D eigenvalue weighted by molar-refractivity contribution is 0.276. The molecule has 0 aromatic heterocycles. The monoisotopic (exact) mass is 248 g/mol. The van der Waals surface area contributed by atoms with Crippen LogP contribution in [-0.2, 0) is 13.2 Å². The number of rotatable bonds is 4. The van der Waals surface area contributed by atoms with E-state index < -0.39 is 5.82 Å². The highest BCUT2D eigenvalue weighted by Gasteiger charge is 2.05. The van der Waals surface area contributed by atoms with Crippen molar-refractivity contribution in [3.8, 4) is 11.5 Å². The smallest absolute Gasteiger partial charge is 0.165 e. The molecule has 0 saturated carbocycles. The second kappa shape index (κ2) is 5.51. The van der Waals surface area contributed by atoms with Gasteiger partial charge in [-0.15, -0.1) is 0 Å². The van der Waals surface area contributed by atoms with E-state index in [4.69, 9.17) is 9.84 Å². The third-order valence-electron chi connectivity index (χ3n) is 2.48. The highest BCUT2D eigenvalue weighted by atomic mass is 19.1. The largest absolute Gasteiger partial charge is 0.508 e. The molecule has 2 rings (SSSR count). The normalized spacial score (nSPS) is 10.3. The van der Waals surface area contributed by atoms with Crippen LogP contribution in [0.15, 0.2) is 42.5 Å². The number of phenols is 1. The molecule has 2 N–H and O–H groups in total. The summed E-state index contributed by atoms with van der Waals surface area (Å²) in [6.07, 6.45) is 0. The predicted octanol–water partition coefficient (Wildman–Crippen LogP) is 2.60. The van der Waals surface area contributed by atoms with Gasteiger partial charge in [-0.2, -0.15) is 0 Å². The minimum absolute atomic E-state index is 0.121. The van der Waals surface area contributed by atoms with Crippen LogP contribution >= 0.6 is 0 Å². The van der Waals surface area contributed by atoms with Gasteiger partial charge >= 0.3 is 0 Å². The van der Waals surface area contributed by atoms with Gasteiger partial charge in [-0.3, -0.25) is 0 Å². The molecule has 4 heteroatoms. The molecule has 0 amide bonds. The number of halogens is 1. The van der Waals surface area contributed by atoms with Gasteiger partial charge in [0.05, 0.1) is 6.61 Å². The fourth-order valence-corrected chi connectivity index (χ4v) is 1.57. The van der Waals surface area contributed by atoms with Gasteiger partial charge in [-0.1, -0.05) is 18.2 Å². The minimum atomic E-state index is -0.512. The SMILES string of the molecule is OCc1ccc(OCc2cccc(O)c2)c(F)c1. The maximum absolute atomic E-state index is 13.5. The summed E-state index contributed by atoms with van der Waals surface area (Å²) in [6.45, 7) is -0.0342. The number of ether oxygens (including phenoxy) is 1. The third-order valence-corrected chi connectivity index (χ3v) is 2.48. The Morgan fingerprint density at radius 3 is 2.56 bits per heavy atom. The first-order valence-electron chi connectivity index (χ1n) is 5.49. The van der Waals surface area contributed by atoms with E-state index in [-0.39, 0.29) is 24.7 Å². The Bertz CT molecular complexity index is 540. The zero-order chi connectivity index (χ0) is 13.0. The van der Waals surface area contributed by atoms with Crippen molar-refractivity contribution in [2.45, 2.75) is 13.2 Å². The molecule has 0 radical (unpaired) electrons. The van der Waals surface area contributed by atoms with Gasteiger partial charge in [-0.05, 0) is 35.4 Å². The summed E-state index contributed by atoms with van der Waals surface area (Å²) in [4.78, 5) is 0. The zero-order valence-electron chi connectivity index (χ0n) is 9.64. The fraction of sp³-hybridized carbons (Fsp3) is 0.143. The van der Waals surface area contributed by atoms with Crippen molar-refractivity contribution in [2.75, 3.05) is 0 Å². The van der Waals surface area contributed by atoms with E-state index in [9.17, 15) is 9.50 Å². The summed E-state index contributed by atoms with van der Waals surface area (Å²) >= 11 is 0. The molecule has 2 aromatic rings. The molecule has 0 unspecified atom stereocenters. The molecular weight excluding hydrogens is 235 g/mol. The molecule has 0 fully saturated rings. The standard InChI is InChI=1S/C14H13FO3/c15-13-7-10(8-16)4-5-14(13)18-9-11-2-1-3-12(17)6-11/h1-7,16-17H,8-9H2. The second-order valence-corrected chi connectivity index (χ2v) is 3.88. The summed E-state index contributed by atoms with van der Waals surface area (Å²) in [5.74, 6) is -0.246. The molecule has 0 bridgehead atoms. The van der Waals surface area contributed by atoms with E-state index >= 15 is 0 Å². The van der Waals surface area contributed by atoms with Gasteiger partial charge in [0.25, 0.3) is 0 Å². The Morgan fingerprint density at radius 2 is 1.89 bits per heavy atom. The van der Waals surface area contributed by atoms with Crippen molar-refractivity contribution in [2.24, 2.45) is 0 Å². The Hall–Kier alpha value is -2.07. The van der Waals surface area contributed by atoms with Crippen LogP contribution in [0.25, 0.3) is 0 Å². The maximum atomic E-state index is 13.5. The first-order valence-corrected chi connectivity index (χ1v) is 5.49. The van der Waals surface area contributed by atoms with Crippen LogP contribution in [0.2, 0.25) is 0 Å². The molecule has 0 heterocycles. The summed E-state index contributed by atoms with van der Waals surface area (Å²) < 4.78 is 18.8. The number of hydrogen-bond acceptors (Lipinski definition) is 3. The van der Waals surface area contributed by atoms with E-state index in [2.05, 4.69) is 0 Å². The van der Waals surface area contributed by atoms with Crippen molar-refractivity contribution in [1.29, 1.82) is 0 Å². The first kappa shape index (κ1) is 12.4. The molecule has 2 aromatic carbocycles. The number of aliphatic hydroxyl groups is 1. The Morgan fingerprint density at radius 1 is 1.06 bits per heavy atom. The molecular formula is C14H13FO3. The van der Waals surface area contributed by atoms with Crippen LogP contribution in [0.1, 0.15) is 11.1 Å². The molecule has 0 aliphatic heterocycles. The van der Waals surface area contributed by atoms with Gasteiger partial charge in [0.2, 0.25) is 0 Å². The molecule has 0 aliphatic carbocycles. The van der Waals surface area contributed by atoms with Crippen LogP contribution in [0, 0.1) is 5.82 Å². The van der Waals surface area contributed by atoms with Crippen LogP contribution in [0.5, 0.6) is 11.5 Å². The second-order valence-electron chi connectivity index (χ2n) is 3.88. The zero-order valence-corrected chi connectivity index (χ0v) is 9.64. The molecule has 18 heavy (non-hydrogen) atoms. The topological polar surface area (TPSA) is 49.7 Å². The maximum Gasteiger partial charge on any atom is 0.165 e. The third kappa shape index (κ3) is 2.99. The van der Waals surface area contributed by atoms with Gasteiger partial charge in [-0.25, -0.2) is 4.39 Å². The summed E-state index contributed by atoms with van der Waals surface area (Å²) in [6, 6.07) is 10.9. The molecule has 0 saturated heterocycles. The lowest BCUT2D eigenvalue weighted by Crippen LogP contribution is -1.98. The van der Waals surface area contributed by atoms with Crippen LogP contribution in [0.3, 0.4) is 0 Å². The molecule has 94 valence electrons. The number of benzene rings is 2. The van der Waals surface area contributed by atoms with E-state index in [0.29, 0.717) is 5.56 Å². The summed E-state index contributed by atoms with van der Waals surface area (Å²) in [5, 5.41) is 18.1. The van der Waals surface area contributed by atoms with Crippen LogP contribution in [-0.4, -0.2) is 10.2 Å². The molecule has 0 spiro atoms. The fourth-order valence-electron chi connectivity index (χ4n) is 1.57. The van der Waals surface area contributed by atoms with Crippen LogP contribution < -0.4 is 4.74 Å². The quantitative estimate of drug-likeness (QED) is 0.874. The van der Waals surface area contributed by atoms with Crippen molar-refractivity contribution in [3.05, 3.63) is 59.4 Å². The van der Waals surface area contributed by atoms with Gasteiger partial charge < -0.3 is 14.9 Å². The van der Waals surface area contributed by atoms with Gasteiger partial charge in [0.15, 0.2) is 11.6 Å². The molecule has 0 aliphatic rings. The van der Waals surface area contributed by atoms with E-state index in [1.165, 1.54) is 12.1 Å². The van der Waals surface area contributed by atoms with Crippen molar-refractivity contribution in [1.82, 2.24) is 0 Å². The van der Waals surface area contributed by atoms with Crippen molar-refractivity contribution < 1.29 is 19.3 Å². The number of aliphatic hydroxyl groups excluding tert-OH is 1. The highest BCUT2D eigenvalue weighted by Crippen LogP contribution is 2.20. The number of aromatic hydroxyl groups is 1. The van der Waals surface area contributed by atoms with Crippen molar-refractivity contribution >= 4 is 0 Å². The first-order chi connectivity index (χ1) is 8.69. The number of phenolic OH excluding ortho intramolecular Hbond substituents is 1. The van der Waals surface area contributed by atoms with E-state index in [1.807, 2.05) is 0 Å². The molecule has 3 nitrogen and oxygen atoms in total. The highest BCUT2D eigenvalue weighted by molar-refractivity contribution is 5.30. The summed E-state index contributed by atoms with van der Waals surface area (Å²) in [5.41, 5.74) is 1.25. The molecule has 0 atom stereocenters.